The number of nitrogens with zero attached hydrogens (tertiary/aromatic N) is 4. The molecule has 0 saturated carbocycles. The Kier molecular flexibility index (Phi) is 5.96. The van der Waals surface area contributed by atoms with E-state index in [1.54, 1.807) is 11.2 Å². The monoisotopic (exact) mass is 380 g/mol. The van der Waals surface area contributed by atoms with Crippen LogP contribution in [0.2, 0.25) is 0 Å². The van der Waals surface area contributed by atoms with Crippen LogP contribution in [0.15, 0.2) is 60.0 Å². The van der Waals surface area contributed by atoms with Gasteiger partial charge in [0, 0.05) is 12.7 Å². The SMILES string of the molecule is Cc1ccc(-n2cnnc2SCC(=O)N(C)C(C)c2ccccc2)cc1C. The summed E-state index contributed by atoms with van der Waals surface area (Å²) in [5.41, 5.74) is 4.58. The zero-order valence-electron chi connectivity index (χ0n) is 16.1. The van der Waals surface area contributed by atoms with Crippen molar-refractivity contribution in [3.05, 3.63) is 71.5 Å². The maximum Gasteiger partial charge on any atom is 0.233 e. The van der Waals surface area contributed by atoms with Gasteiger partial charge >= 0.3 is 0 Å². The van der Waals surface area contributed by atoms with Crippen LogP contribution in [0.4, 0.5) is 0 Å². The summed E-state index contributed by atoms with van der Waals surface area (Å²) in [6.45, 7) is 6.21. The second kappa shape index (κ2) is 8.39. The second-order valence-corrected chi connectivity index (χ2v) is 7.57. The molecule has 0 N–H and O–H groups in total. The highest BCUT2D eigenvalue weighted by Crippen LogP contribution is 2.23. The van der Waals surface area contributed by atoms with E-state index < -0.39 is 0 Å². The Hall–Kier alpha value is -2.60. The summed E-state index contributed by atoms with van der Waals surface area (Å²) >= 11 is 1.41. The minimum atomic E-state index is 0.0249. The fourth-order valence-electron chi connectivity index (χ4n) is 2.77. The lowest BCUT2D eigenvalue weighted by atomic mass is 10.1. The van der Waals surface area contributed by atoms with Gasteiger partial charge in [-0.15, -0.1) is 10.2 Å². The molecule has 1 aromatic heterocycles. The highest BCUT2D eigenvalue weighted by Gasteiger charge is 2.18. The summed E-state index contributed by atoms with van der Waals surface area (Å²) in [7, 11) is 1.84. The summed E-state index contributed by atoms with van der Waals surface area (Å²) < 4.78 is 1.92. The van der Waals surface area contributed by atoms with E-state index in [4.69, 9.17) is 0 Å². The number of benzene rings is 2. The molecule has 1 atom stereocenters. The predicted molar refractivity (Wildman–Crippen MR) is 109 cm³/mol. The standard InChI is InChI=1S/C21H24N4OS/c1-15-10-11-19(12-16(15)2)25-14-22-23-21(25)27-13-20(26)24(4)17(3)18-8-6-5-7-9-18/h5-12,14,17H,13H2,1-4H3. The Balaban J connectivity index is 1.68. The van der Waals surface area contributed by atoms with Crippen molar-refractivity contribution in [3.63, 3.8) is 0 Å². The predicted octanol–water partition coefficient (Wildman–Crippen LogP) is 4.20. The Morgan fingerprint density at radius 2 is 1.89 bits per heavy atom. The molecule has 0 fully saturated rings. The smallest absolute Gasteiger partial charge is 0.233 e. The molecule has 140 valence electrons. The molecule has 27 heavy (non-hydrogen) atoms. The van der Waals surface area contributed by atoms with E-state index in [2.05, 4.69) is 36.2 Å². The van der Waals surface area contributed by atoms with Crippen LogP contribution >= 0.6 is 11.8 Å². The van der Waals surface area contributed by atoms with Gasteiger partial charge in [-0.2, -0.15) is 0 Å². The number of hydrogen-bond acceptors (Lipinski definition) is 4. The van der Waals surface area contributed by atoms with E-state index in [1.165, 1.54) is 22.9 Å². The first-order valence-corrected chi connectivity index (χ1v) is 9.87. The number of carbonyl (C=O) groups excluding carboxylic acids is 1. The summed E-state index contributed by atoms with van der Waals surface area (Å²) in [6.07, 6.45) is 1.69. The Labute approximate surface area is 164 Å². The lowest BCUT2D eigenvalue weighted by Crippen LogP contribution is -2.31. The molecule has 2 aromatic carbocycles. The molecule has 1 heterocycles. The third kappa shape index (κ3) is 4.39. The van der Waals surface area contributed by atoms with E-state index in [1.807, 2.05) is 54.9 Å². The van der Waals surface area contributed by atoms with E-state index in [0.29, 0.717) is 10.9 Å². The summed E-state index contributed by atoms with van der Waals surface area (Å²) in [4.78, 5) is 14.4. The Morgan fingerprint density at radius 1 is 1.15 bits per heavy atom. The van der Waals surface area contributed by atoms with Gasteiger partial charge in [-0.1, -0.05) is 48.2 Å². The highest BCUT2D eigenvalue weighted by atomic mass is 32.2. The first kappa shape index (κ1) is 19.2. The van der Waals surface area contributed by atoms with Crippen LogP contribution in [0.5, 0.6) is 0 Å². The molecule has 0 aliphatic carbocycles. The molecule has 0 aliphatic heterocycles. The van der Waals surface area contributed by atoms with Gasteiger partial charge in [-0.05, 0) is 49.6 Å². The third-order valence-electron chi connectivity index (χ3n) is 4.87. The second-order valence-electron chi connectivity index (χ2n) is 6.63. The van der Waals surface area contributed by atoms with Crippen molar-refractivity contribution in [1.29, 1.82) is 0 Å². The fraction of sp³-hybridized carbons (Fsp3) is 0.286. The van der Waals surface area contributed by atoms with Gasteiger partial charge in [-0.3, -0.25) is 9.36 Å². The minimum absolute atomic E-state index is 0.0249. The van der Waals surface area contributed by atoms with Crippen molar-refractivity contribution in [1.82, 2.24) is 19.7 Å². The van der Waals surface area contributed by atoms with Crippen LogP contribution in [0.3, 0.4) is 0 Å². The number of rotatable bonds is 6. The molecule has 0 aliphatic rings. The summed E-state index contributed by atoms with van der Waals surface area (Å²) in [6, 6.07) is 16.3. The van der Waals surface area contributed by atoms with Crippen molar-refractivity contribution in [3.8, 4) is 5.69 Å². The maximum absolute atomic E-state index is 12.6. The summed E-state index contributed by atoms with van der Waals surface area (Å²) in [5, 5.41) is 8.92. The molecule has 0 spiro atoms. The normalized spacial score (nSPS) is 12.0. The Morgan fingerprint density at radius 3 is 2.59 bits per heavy atom. The van der Waals surface area contributed by atoms with E-state index in [-0.39, 0.29) is 11.9 Å². The largest absolute Gasteiger partial charge is 0.338 e. The average Bonchev–Trinajstić information content (AvgIpc) is 3.16. The number of aromatic nitrogens is 3. The molecule has 6 heteroatoms. The lowest BCUT2D eigenvalue weighted by molar-refractivity contribution is -0.128. The van der Waals surface area contributed by atoms with Crippen molar-refractivity contribution in [2.24, 2.45) is 0 Å². The Bertz CT molecular complexity index is 923. The topological polar surface area (TPSA) is 51.0 Å². The lowest BCUT2D eigenvalue weighted by Gasteiger charge is -2.25. The number of hydrogen-bond donors (Lipinski definition) is 0. The molecule has 3 rings (SSSR count). The highest BCUT2D eigenvalue weighted by molar-refractivity contribution is 7.99. The van der Waals surface area contributed by atoms with Gasteiger partial charge in [0.2, 0.25) is 5.91 Å². The zero-order valence-corrected chi connectivity index (χ0v) is 16.9. The molecule has 3 aromatic rings. The molecular weight excluding hydrogens is 356 g/mol. The molecule has 1 unspecified atom stereocenters. The number of amides is 1. The van der Waals surface area contributed by atoms with E-state index in [0.717, 1.165) is 11.3 Å². The van der Waals surface area contributed by atoms with Gasteiger partial charge in [0.05, 0.1) is 11.8 Å². The van der Waals surface area contributed by atoms with E-state index >= 15 is 0 Å². The van der Waals surface area contributed by atoms with Crippen molar-refractivity contribution >= 4 is 17.7 Å². The number of thioether (sulfide) groups is 1. The third-order valence-corrected chi connectivity index (χ3v) is 5.79. The van der Waals surface area contributed by atoms with Crippen LogP contribution < -0.4 is 0 Å². The molecule has 0 bridgehead atoms. The first-order valence-electron chi connectivity index (χ1n) is 8.88. The van der Waals surface area contributed by atoms with Gasteiger partial charge < -0.3 is 4.90 Å². The number of aryl methyl sites for hydroxylation is 2. The average molecular weight is 381 g/mol. The van der Waals surface area contributed by atoms with Crippen molar-refractivity contribution < 1.29 is 4.79 Å². The minimum Gasteiger partial charge on any atom is -0.338 e. The van der Waals surface area contributed by atoms with Crippen LogP contribution in [0.1, 0.15) is 29.7 Å². The van der Waals surface area contributed by atoms with Crippen LogP contribution in [0, 0.1) is 13.8 Å². The zero-order chi connectivity index (χ0) is 19.4. The fourth-order valence-corrected chi connectivity index (χ4v) is 3.63. The molecular formula is C21H24N4OS. The van der Waals surface area contributed by atoms with Gasteiger partial charge in [0.15, 0.2) is 5.16 Å². The van der Waals surface area contributed by atoms with Crippen molar-refractivity contribution in [2.75, 3.05) is 12.8 Å². The maximum atomic E-state index is 12.6. The quantitative estimate of drug-likeness (QED) is 0.602. The van der Waals surface area contributed by atoms with Gasteiger partial charge in [-0.25, -0.2) is 0 Å². The molecule has 0 saturated heterocycles. The molecule has 0 radical (unpaired) electrons. The van der Waals surface area contributed by atoms with E-state index in [9.17, 15) is 4.79 Å². The number of carbonyl (C=O) groups is 1. The summed E-state index contributed by atoms with van der Waals surface area (Å²) in [5.74, 6) is 0.378. The van der Waals surface area contributed by atoms with Gasteiger partial charge in [0.1, 0.15) is 6.33 Å². The first-order chi connectivity index (χ1) is 13.0. The van der Waals surface area contributed by atoms with Crippen LogP contribution in [-0.2, 0) is 4.79 Å². The van der Waals surface area contributed by atoms with Crippen LogP contribution in [-0.4, -0.2) is 38.4 Å². The van der Waals surface area contributed by atoms with Crippen molar-refractivity contribution in [2.45, 2.75) is 32.0 Å². The van der Waals surface area contributed by atoms with Crippen LogP contribution in [0.25, 0.3) is 5.69 Å². The van der Waals surface area contributed by atoms with Gasteiger partial charge in [0.25, 0.3) is 0 Å². The molecule has 1 amide bonds. The molecule has 5 nitrogen and oxygen atoms in total.